The first-order valence-corrected chi connectivity index (χ1v) is 8.15. The van der Waals surface area contributed by atoms with Gasteiger partial charge in [0, 0.05) is 17.4 Å². The SMILES string of the molecule is O=C(C#Cc1ccccc1)O[C@@H]1CCCC[C@H]1c1ccccc1. The second kappa shape index (κ2) is 7.65. The van der Waals surface area contributed by atoms with Crippen LogP contribution in [0.25, 0.3) is 0 Å². The van der Waals surface area contributed by atoms with Crippen LogP contribution in [0.4, 0.5) is 0 Å². The van der Waals surface area contributed by atoms with E-state index in [-0.39, 0.29) is 12.0 Å². The molecule has 0 aromatic heterocycles. The average Bonchev–Trinajstić information content (AvgIpc) is 2.62. The lowest BCUT2D eigenvalue weighted by Crippen LogP contribution is -2.28. The molecule has 0 bridgehead atoms. The maximum Gasteiger partial charge on any atom is 0.385 e. The van der Waals surface area contributed by atoms with Gasteiger partial charge in [-0.25, -0.2) is 4.79 Å². The number of carbonyl (C=O) groups is 1. The average molecular weight is 304 g/mol. The van der Waals surface area contributed by atoms with Gasteiger partial charge in [0.05, 0.1) is 0 Å². The molecule has 23 heavy (non-hydrogen) atoms. The molecule has 1 fully saturated rings. The Morgan fingerprint density at radius 2 is 1.57 bits per heavy atom. The van der Waals surface area contributed by atoms with Crippen LogP contribution >= 0.6 is 0 Å². The monoisotopic (exact) mass is 304 g/mol. The lowest BCUT2D eigenvalue weighted by atomic mass is 9.81. The molecule has 2 atom stereocenters. The molecule has 2 aromatic carbocycles. The van der Waals surface area contributed by atoms with Gasteiger partial charge < -0.3 is 4.74 Å². The molecule has 2 nitrogen and oxygen atoms in total. The molecule has 2 aromatic rings. The van der Waals surface area contributed by atoms with E-state index in [4.69, 9.17) is 4.74 Å². The summed E-state index contributed by atoms with van der Waals surface area (Å²) in [5.41, 5.74) is 2.08. The van der Waals surface area contributed by atoms with Crippen molar-refractivity contribution in [3.8, 4) is 11.8 Å². The number of hydrogen-bond donors (Lipinski definition) is 0. The Hall–Kier alpha value is -2.53. The largest absolute Gasteiger partial charge is 0.452 e. The van der Waals surface area contributed by atoms with Crippen LogP contribution in [0.5, 0.6) is 0 Å². The summed E-state index contributed by atoms with van der Waals surface area (Å²) in [5, 5.41) is 0. The van der Waals surface area contributed by atoms with Gasteiger partial charge in [0.25, 0.3) is 0 Å². The minimum absolute atomic E-state index is 0.0660. The maximum atomic E-state index is 12.1. The predicted molar refractivity (Wildman–Crippen MR) is 90.9 cm³/mol. The summed E-state index contributed by atoms with van der Waals surface area (Å²) >= 11 is 0. The fourth-order valence-electron chi connectivity index (χ4n) is 3.13. The van der Waals surface area contributed by atoms with Crippen molar-refractivity contribution in [3.63, 3.8) is 0 Å². The Balaban J connectivity index is 1.68. The zero-order chi connectivity index (χ0) is 15.9. The van der Waals surface area contributed by atoms with Crippen LogP contribution in [-0.2, 0) is 9.53 Å². The van der Waals surface area contributed by atoms with Gasteiger partial charge in [-0.3, -0.25) is 0 Å². The highest BCUT2D eigenvalue weighted by atomic mass is 16.5. The number of carbonyl (C=O) groups excluding carboxylic acids is 1. The molecule has 0 saturated heterocycles. The van der Waals surface area contributed by atoms with Crippen LogP contribution < -0.4 is 0 Å². The van der Waals surface area contributed by atoms with E-state index in [0.29, 0.717) is 0 Å². The Bertz CT molecular complexity index is 695. The van der Waals surface area contributed by atoms with Gasteiger partial charge in [0.1, 0.15) is 6.10 Å². The number of benzene rings is 2. The minimum atomic E-state index is -0.429. The number of rotatable bonds is 2. The fraction of sp³-hybridized carbons (Fsp3) is 0.286. The van der Waals surface area contributed by atoms with E-state index in [1.807, 2.05) is 48.5 Å². The highest BCUT2D eigenvalue weighted by Gasteiger charge is 2.29. The quantitative estimate of drug-likeness (QED) is 0.610. The normalized spacial score (nSPS) is 20.2. The van der Waals surface area contributed by atoms with Crippen LogP contribution in [0, 0.1) is 11.8 Å². The smallest absolute Gasteiger partial charge is 0.385 e. The summed E-state index contributed by atoms with van der Waals surface area (Å²) in [6.45, 7) is 0. The van der Waals surface area contributed by atoms with Crippen molar-refractivity contribution in [3.05, 3.63) is 71.8 Å². The maximum absolute atomic E-state index is 12.1. The van der Waals surface area contributed by atoms with Gasteiger partial charge >= 0.3 is 5.97 Å². The van der Waals surface area contributed by atoms with E-state index >= 15 is 0 Å². The third kappa shape index (κ3) is 4.23. The van der Waals surface area contributed by atoms with E-state index in [2.05, 4.69) is 24.0 Å². The van der Waals surface area contributed by atoms with Crippen LogP contribution in [-0.4, -0.2) is 12.1 Å². The zero-order valence-corrected chi connectivity index (χ0v) is 13.1. The Morgan fingerprint density at radius 3 is 2.30 bits per heavy atom. The molecule has 116 valence electrons. The first-order chi connectivity index (χ1) is 11.3. The van der Waals surface area contributed by atoms with Gasteiger partial charge in [-0.15, -0.1) is 0 Å². The lowest BCUT2D eigenvalue weighted by Gasteiger charge is -2.30. The molecule has 0 radical (unpaired) electrons. The first-order valence-electron chi connectivity index (χ1n) is 8.15. The summed E-state index contributed by atoms with van der Waals surface area (Å²) in [4.78, 5) is 12.1. The van der Waals surface area contributed by atoms with E-state index in [1.54, 1.807) is 0 Å². The van der Waals surface area contributed by atoms with Crippen LogP contribution in [0.3, 0.4) is 0 Å². The molecule has 0 spiro atoms. The Labute approximate surface area is 137 Å². The minimum Gasteiger partial charge on any atom is -0.452 e. The summed E-state index contributed by atoms with van der Waals surface area (Å²) in [5.74, 6) is 5.33. The molecule has 1 aliphatic rings. The second-order valence-electron chi connectivity index (χ2n) is 5.86. The van der Waals surface area contributed by atoms with Gasteiger partial charge in [0.2, 0.25) is 0 Å². The second-order valence-corrected chi connectivity index (χ2v) is 5.86. The molecule has 0 unspecified atom stereocenters. The van der Waals surface area contributed by atoms with Crippen molar-refractivity contribution < 1.29 is 9.53 Å². The van der Waals surface area contributed by atoms with Crippen molar-refractivity contribution >= 4 is 5.97 Å². The van der Waals surface area contributed by atoms with Crippen LogP contribution in [0.2, 0.25) is 0 Å². The topological polar surface area (TPSA) is 26.3 Å². The van der Waals surface area contributed by atoms with Crippen molar-refractivity contribution in [1.29, 1.82) is 0 Å². The van der Waals surface area contributed by atoms with Crippen LogP contribution in [0.1, 0.15) is 42.7 Å². The summed E-state index contributed by atoms with van der Waals surface area (Å²) in [6, 6.07) is 19.8. The van der Waals surface area contributed by atoms with E-state index in [1.165, 1.54) is 12.0 Å². The number of hydrogen-bond acceptors (Lipinski definition) is 2. The van der Waals surface area contributed by atoms with Gasteiger partial charge in [-0.2, -0.15) is 0 Å². The highest BCUT2D eigenvalue weighted by Crippen LogP contribution is 2.34. The molecular formula is C21H20O2. The number of ether oxygens (including phenoxy) is 1. The van der Waals surface area contributed by atoms with Gasteiger partial charge in [0.15, 0.2) is 0 Å². The molecule has 0 N–H and O–H groups in total. The Morgan fingerprint density at radius 1 is 0.913 bits per heavy atom. The molecule has 0 aliphatic heterocycles. The lowest BCUT2D eigenvalue weighted by molar-refractivity contribution is -0.144. The van der Waals surface area contributed by atoms with E-state index < -0.39 is 5.97 Å². The molecule has 2 heteroatoms. The molecule has 1 aliphatic carbocycles. The third-order valence-corrected chi connectivity index (χ3v) is 4.27. The Kier molecular flexibility index (Phi) is 5.11. The summed E-state index contributed by atoms with van der Waals surface area (Å²) in [7, 11) is 0. The fourth-order valence-corrected chi connectivity index (χ4v) is 3.13. The zero-order valence-electron chi connectivity index (χ0n) is 13.1. The van der Waals surface area contributed by atoms with Crippen molar-refractivity contribution in [2.75, 3.05) is 0 Å². The molecule has 3 rings (SSSR count). The molecular weight excluding hydrogens is 284 g/mol. The summed E-state index contributed by atoms with van der Waals surface area (Å²) < 4.78 is 5.67. The van der Waals surface area contributed by atoms with Crippen molar-refractivity contribution in [1.82, 2.24) is 0 Å². The molecule has 1 saturated carbocycles. The van der Waals surface area contributed by atoms with Crippen LogP contribution in [0.15, 0.2) is 60.7 Å². The summed E-state index contributed by atoms with van der Waals surface area (Å²) in [6.07, 6.45) is 4.20. The molecule has 0 amide bonds. The molecule has 0 heterocycles. The van der Waals surface area contributed by atoms with Gasteiger partial charge in [-0.05, 0) is 37.0 Å². The highest BCUT2D eigenvalue weighted by molar-refractivity contribution is 5.89. The van der Waals surface area contributed by atoms with E-state index in [9.17, 15) is 4.79 Å². The standard InChI is InChI=1S/C21H20O2/c22-21(16-15-17-9-3-1-4-10-17)23-20-14-8-7-13-19(20)18-11-5-2-6-12-18/h1-6,9-12,19-20H,7-8,13-14H2/t19-,20+/m0/s1. The predicted octanol–water partition coefficient (Wildman–Crippen LogP) is 4.31. The van der Waals surface area contributed by atoms with E-state index in [0.717, 1.165) is 24.8 Å². The number of esters is 1. The van der Waals surface area contributed by atoms with Crippen molar-refractivity contribution in [2.45, 2.75) is 37.7 Å². The van der Waals surface area contributed by atoms with Gasteiger partial charge in [-0.1, -0.05) is 60.9 Å². The first kappa shape index (κ1) is 15.4. The van der Waals surface area contributed by atoms with Crippen molar-refractivity contribution in [2.24, 2.45) is 0 Å². The third-order valence-electron chi connectivity index (χ3n) is 4.27.